The molecule has 1 aromatic heterocycles. The number of rotatable bonds is 14. The zero-order valence-corrected chi connectivity index (χ0v) is 26.5. The maximum atomic E-state index is 12.9. The van der Waals surface area contributed by atoms with E-state index in [9.17, 15) is 27.6 Å². The van der Waals surface area contributed by atoms with Crippen LogP contribution in [0.2, 0.25) is 5.02 Å². The predicted octanol–water partition coefficient (Wildman–Crippen LogP) is 4.25. The maximum absolute atomic E-state index is 12.9. The van der Waals surface area contributed by atoms with Gasteiger partial charge >= 0.3 is 30.0 Å². The van der Waals surface area contributed by atoms with Gasteiger partial charge < -0.3 is 35.6 Å². The number of aromatic nitrogens is 3. The summed E-state index contributed by atoms with van der Waals surface area (Å²) < 4.78 is 48.4. The number of amides is 2. The molecule has 0 spiro atoms. The highest BCUT2D eigenvalue weighted by molar-refractivity contribution is 6.34. The van der Waals surface area contributed by atoms with Crippen LogP contribution in [-0.2, 0) is 24.7 Å². The third-order valence-corrected chi connectivity index (χ3v) is 7.25. The Kier molecular flexibility index (Phi) is 11.3. The largest absolute Gasteiger partial charge is 0.467 e. The number of anilines is 4. The number of hydrogen-bond donors (Lipinski definition) is 4. The molecule has 1 atom stereocenters. The lowest BCUT2D eigenvalue weighted by Gasteiger charge is -2.19. The first-order valence-corrected chi connectivity index (χ1v) is 14.9. The summed E-state index contributed by atoms with van der Waals surface area (Å²) in [7, 11) is 4.19. The summed E-state index contributed by atoms with van der Waals surface area (Å²) in [6.45, 7) is -1.41. The fourth-order valence-electron chi connectivity index (χ4n) is 4.43. The number of likely N-dealkylation sites (N-methyl/N-ethyl adjacent to an activating group) is 1. The summed E-state index contributed by atoms with van der Waals surface area (Å²) in [5.41, 5.74) is 1.45. The number of nitrogens with one attached hydrogen (secondary N) is 4. The second-order valence-electron chi connectivity index (χ2n) is 10.9. The molecular weight excluding hydrogens is 645 g/mol. The van der Waals surface area contributed by atoms with Crippen LogP contribution in [0.4, 0.5) is 36.4 Å². The van der Waals surface area contributed by atoms with Gasteiger partial charge in [0.25, 0.3) is 0 Å². The van der Waals surface area contributed by atoms with E-state index < -0.39 is 48.2 Å². The molecule has 13 nitrogen and oxygen atoms in total. The molecular formula is C30H34ClF3N8O5. The SMILES string of the molecule is COC(=O)C(CCCNC(=O)C(=O)N(C)C)Nc1ccc(Nc2nc(NC3(c4ccc(Cl)cc4)CC3)nc(OCC(F)(F)F)n2)cc1. The minimum atomic E-state index is -4.60. The van der Waals surface area contributed by atoms with Crippen LogP contribution >= 0.6 is 11.6 Å². The quantitative estimate of drug-likeness (QED) is 0.110. The Hall–Kier alpha value is -4.86. The molecule has 17 heteroatoms. The van der Waals surface area contributed by atoms with Gasteiger partial charge in [-0.2, -0.15) is 28.1 Å². The number of alkyl halides is 3. The molecule has 4 N–H and O–H groups in total. The van der Waals surface area contributed by atoms with Crippen LogP contribution in [-0.4, -0.2) is 84.2 Å². The number of halogens is 4. The molecule has 1 unspecified atom stereocenters. The van der Waals surface area contributed by atoms with E-state index in [1.807, 2.05) is 12.1 Å². The molecule has 1 aliphatic rings. The molecule has 4 rings (SSSR count). The molecule has 252 valence electrons. The minimum Gasteiger partial charge on any atom is -0.467 e. The standard InChI is InChI=1S/C30H34ClF3N8O5/c1-42(2)24(44)23(43)35-16-4-5-22(25(45)46-3)36-20-10-12-21(13-11-20)37-26-38-27(40-28(39-26)47-17-30(32,33)34)41-29(14-15-29)18-6-8-19(31)9-7-18/h6-13,22,36H,4-5,14-17H2,1-3H3,(H,35,43)(H2,37,38,39,40,41). The van der Waals surface area contributed by atoms with Crippen LogP contribution < -0.4 is 26.0 Å². The van der Waals surface area contributed by atoms with Gasteiger partial charge in [-0.3, -0.25) is 9.59 Å². The fraction of sp³-hybridized carbons (Fsp3) is 0.400. The molecule has 1 aliphatic carbocycles. The summed E-state index contributed by atoms with van der Waals surface area (Å²) in [6, 6.07) is 12.6. The van der Waals surface area contributed by atoms with Gasteiger partial charge in [0.2, 0.25) is 11.9 Å². The molecule has 0 radical (unpaired) electrons. The average molecular weight is 679 g/mol. The van der Waals surface area contributed by atoms with Crippen LogP contribution in [0, 0.1) is 0 Å². The highest BCUT2D eigenvalue weighted by atomic mass is 35.5. The molecule has 47 heavy (non-hydrogen) atoms. The maximum Gasteiger partial charge on any atom is 0.422 e. The molecule has 2 amide bonds. The number of methoxy groups -OCH3 is 1. The van der Waals surface area contributed by atoms with E-state index in [-0.39, 0.29) is 18.4 Å². The molecule has 0 aliphatic heterocycles. The second kappa shape index (κ2) is 15.2. The molecule has 2 aromatic carbocycles. The van der Waals surface area contributed by atoms with Crippen molar-refractivity contribution in [2.45, 2.75) is 43.4 Å². The lowest BCUT2D eigenvalue weighted by molar-refractivity contribution is -0.154. The summed E-state index contributed by atoms with van der Waals surface area (Å²) in [4.78, 5) is 49.5. The molecule has 1 fully saturated rings. The Morgan fingerprint density at radius 2 is 1.62 bits per heavy atom. The van der Waals surface area contributed by atoms with Crippen LogP contribution in [0.15, 0.2) is 48.5 Å². The van der Waals surface area contributed by atoms with Crippen LogP contribution in [0.25, 0.3) is 0 Å². The van der Waals surface area contributed by atoms with Crippen LogP contribution in [0.5, 0.6) is 6.01 Å². The van der Waals surface area contributed by atoms with Crippen molar-refractivity contribution in [3.63, 3.8) is 0 Å². The van der Waals surface area contributed by atoms with Crippen LogP contribution in [0.1, 0.15) is 31.2 Å². The van der Waals surface area contributed by atoms with E-state index in [1.54, 1.807) is 36.4 Å². The number of benzene rings is 2. The molecule has 3 aromatic rings. The predicted molar refractivity (Wildman–Crippen MR) is 167 cm³/mol. The highest BCUT2D eigenvalue weighted by Crippen LogP contribution is 2.48. The van der Waals surface area contributed by atoms with E-state index in [1.165, 1.54) is 21.2 Å². The zero-order valence-electron chi connectivity index (χ0n) is 25.8. The lowest BCUT2D eigenvalue weighted by atomic mass is 10.1. The minimum absolute atomic E-state index is 0.0219. The van der Waals surface area contributed by atoms with Gasteiger partial charge in [0.1, 0.15) is 6.04 Å². The number of carbonyl (C=O) groups excluding carboxylic acids is 3. The zero-order chi connectivity index (χ0) is 34.2. The van der Waals surface area contributed by atoms with Crippen molar-refractivity contribution in [2.24, 2.45) is 0 Å². The van der Waals surface area contributed by atoms with Crippen LogP contribution in [0.3, 0.4) is 0 Å². The topological polar surface area (TPSA) is 160 Å². The lowest BCUT2D eigenvalue weighted by Crippen LogP contribution is -2.40. The van der Waals surface area contributed by atoms with Gasteiger partial charge in [0.05, 0.1) is 12.6 Å². The van der Waals surface area contributed by atoms with E-state index in [0.717, 1.165) is 23.3 Å². The first-order chi connectivity index (χ1) is 22.3. The van der Waals surface area contributed by atoms with E-state index >= 15 is 0 Å². The molecule has 0 saturated heterocycles. The van der Waals surface area contributed by atoms with Crippen molar-refractivity contribution in [1.29, 1.82) is 0 Å². The normalized spacial score (nSPS) is 13.9. The van der Waals surface area contributed by atoms with E-state index in [4.69, 9.17) is 21.1 Å². The first kappa shape index (κ1) is 35.0. The van der Waals surface area contributed by atoms with Gasteiger partial charge in [0.15, 0.2) is 6.61 Å². The molecule has 1 saturated carbocycles. The summed E-state index contributed by atoms with van der Waals surface area (Å²) in [5.74, 6) is -1.98. The Balaban J connectivity index is 1.43. The van der Waals surface area contributed by atoms with E-state index in [0.29, 0.717) is 29.2 Å². The van der Waals surface area contributed by atoms with Crippen molar-refractivity contribution >= 4 is 52.7 Å². The van der Waals surface area contributed by atoms with Gasteiger partial charge in [-0.1, -0.05) is 23.7 Å². The smallest absolute Gasteiger partial charge is 0.422 e. The number of esters is 1. The van der Waals surface area contributed by atoms with E-state index in [2.05, 4.69) is 36.2 Å². The number of ether oxygens (including phenoxy) is 2. The summed E-state index contributed by atoms with van der Waals surface area (Å²) >= 11 is 6.02. The first-order valence-electron chi connectivity index (χ1n) is 14.5. The molecule has 1 heterocycles. The Bertz CT molecular complexity index is 1550. The monoisotopic (exact) mass is 678 g/mol. The number of hydrogen-bond acceptors (Lipinski definition) is 11. The molecule has 0 bridgehead atoms. The third kappa shape index (κ3) is 10.3. The van der Waals surface area contributed by atoms with Crippen molar-refractivity contribution in [3.8, 4) is 6.01 Å². The Morgan fingerprint density at radius 3 is 2.21 bits per heavy atom. The van der Waals surface area contributed by atoms with Gasteiger partial charge in [-0.05, 0) is 67.6 Å². The van der Waals surface area contributed by atoms with Crippen molar-refractivity contribution < 1.29 is 37.0 Å². The Morgan fingerprint density at radius 1 is 0.979 bits per heavy atom. The van der Waals surface area contributed by atoms with Gasteiger partial charge in [0, 0.05) is 37.0 Å². The number of nitrogens with zero attached hydrogens (tertiary/aromatic N) is 4. The van der Waals surface area contributed by atoms with Gasteiger partial charge in [-0.25, -0.2) is 4.79 Å². The Labute approximate surface area is 273 Å². The fourth-order valence-corrected chi connectivity index (χ4v) is 4.56. The van der Waals surface area contributed by atoms with Crippen molar-refractivity contribution in [1.82, 2.24) is 25.2 Å². The number of carbonyl (C=O) groups is 3. The van der Waals surface area contributed by atoms with Crippen molar-refractivity contribution in [3.05, 3.63) is 59.1 Å². The van der Waals surface area contributed by atoms with Gasteiger partial charge in [-0.15, -0.1) is 0 Å². The second-order valence-corrected chi connectivity index (χ2v) is 11.3. The third-order valence-electron chi connectivity index (χ3n) is 7.00. The summed E-state index contributed by atoms with van der Waals surface area (Å²) in [5, 5.41) is 12.3. The summed E-state index contributed by atoms with van der Waals surface area (Å²) in [6.07, 6.45) is -2.44. The average Bonchev–Trinajstić information content (AvgIpc) is 3.81. The van der Waals surface area contributed by atoms with Crippen molar-refractivity contribution in [2.75, 3.05) is 50.3 Å². The highest BCUT2D eigenvalue weighted by Gasteiger charge is 2.45.